The van der Waals surface area contributed by atoms with E-state index in [0.29, 0.717) is 5.75 Å². The van der Waals surface area contributed by atoms with E-state index in [1.807, 2.05) is 32.9 Å². The topological polar surface area (TPSA) is 46.5 Å². The van der Waals surface area contributed by atoms with Gasteiger partial charge in [0.15, 0.2) is 6.10 Å². The molecular formula is C13H17BrO3. The fraction of sp³-hybridized carbons (Fsp3) is 0.462. The maximum absolute atomic E-state index is 11.1. The van der Waals surface area contributed by atoms with Crippen molar-refractivity contribution in [2.45, 2.75) is 33.3 Å². The van der Waals surface area contributed by atoms with E-state index < -0.39 is 12.1 Å². The third kappa shape index (κ3) is 3.73. The Bertz CT molecular complexity index is 402. The molecule has 4 heteroatoms. The highest BCUT2D eigenvalue weighted by molar-refractivity contribution is 9.10. The van der Waals surface area contributed by atoms with Crippen LogP contribution in [0.3, 0.4) is 0 Å². The van der Waals surface area contributed by atoms with Crippen LogP contribution in [0.5, 0.6) is 5.75 Å². The summed E-state index contributed by atoms with van der Waals surface area (Å²) in [6.45, 7) is 5.69. The van der Waals surface area contributed by atoms with Crippen LogP contribution in [-0.4, -0.2) is 17.2 Å². The summed E-state index contributed by atoms with van der Waals surface area (Å²) in [6.07, 6.45) is 0.000580. The highest BCUT2D eigenvalue weighted by Crippen LogP contribution is 2.25. The monoisotopic (exact) mass is 300 g/mol. The van der Waals surface area contributed by atoms with Gasteiger partial charge in [-0.3, -0.25) is 0 Å². The van der Waals surface area contributed by atoms with E-state index in [9.17, 15) is 4.79 Å². The lowest BCUT2D eigenvalue weighted by atomic mass is 10.1. The lowest BCUT2D eigenvalue weighted by Crippen LogP contribution is -2.32. The summed E-state index contributed by atoms with van der Waals surface area (Å²) >= 11 is 3.39. The van der Waals surface area contributed by atoms with Gasteiger partial charge in [-0.25, -0.2) is 4.79 Å². The molecule has 1 unspecified atom stereocenters. The third-order valence-electron chi connectivity index (χ3n) is 2.51. The van der Waals surface area contributed by atoms with Gasteiger partial charge in [0, 0.05) is 10.4 Å². The van der Waals surface area contributed by atoms with E-state index in [4.69, 9.17) is 9.84 Å². The van der Waals surface area contributed by atoms with E-state index in [-0.39, 0.29) is 5.92 Å². The summed E-state index contributed by atoms with van der Waals surface area (Å²) < 4.78 is 6.56. The standard InChI is InChI=1S/C13H17BrO3/c1-4-9-7-10(14)5-6-11(9)17-12(8(2)3)13(15)16/h5-8,12H,4H2,1-3H3,(H,15,16). The molecule has 0 amide bonds. The van der Waals surface area contributed by atoms with E-state index >= 15 is 0 Å². The van der Waals surface area contributed by atoms with Gasteiger partial charge >= 0.3 is 5.97 Å². The zero-order chi connectivity index (χ0) is 13.0. The third-order valence-corrected chi connectivity index (χ3v) is 3.00. The zero-order valence-corrected chi connectivity index (χ0v) is 11.8. The summed E-state index contributed by atoms with van der Waals surface area (Å²) in [6, 6.07) is 5.61. The van der Waals surface area contributed by atoms with Gasteiger partial charge in [-0.1, -0.05) is 36.7 Å². The molecule has 0 radical (unpaired) electrons. The molecule has 0 spiro atoms. The predicted molar refractivity (Wildman–Crippen MR) is 70.4 cm³/mol. The van der Waals surface area contributed by atoms with Gasteiger partial charge in [-0.2, -0.15) is 0 Å². The molecule has 0 saturated heterocycles. The molecule has 1 N–H and O–H groups in total. The molecule has 1 atom stereocenters. The minimum Gasteiger partial charge on any atom is -0.478 e. The maximum atomic E-state index is 11.1. The Morgan fingerprint density at radius 1 is 1.47 bits per heavy atom. The quantitative estimate of drug-likeness (QED) is 0.905. The highest BCUT2D eigenvalue weighted by atomic mass is 79.9. The van der Waals surface area contributed by atoms with Gasteiger partial charge in [0.25, 0.3) is 0 Å². The number of carboxylic acids is 1. The zero-order valence-electron chi connectivity index (χ0n) is 10.2. The molecule has 17 heavy (non-hydrogen) atoms. The van der Waals surface area contributed by atoms with Crippen LogP contribution in [-0.2, 0) is 11.2 Å². The molecule has 1 aromatic rings. The van der Waals surface area contributed by atoms with Crippen molar-refractivity contribution in [1.82, 2.24) is 0 Å². The van der Waals surface area contributed by atoms with Crippen LogP contribution in [0.25, 0.3) is 0 Å². The van der Waals surface area contributed by atoms with Crippen LogP contribution in [0.15, 0.2) is 22.7 Å². The van der Waals surface area contributed by atoms with E-state index in [2.05, 4.69) is 15.9 Å². The Morgan fingerprint density at radius 2 is 2.12 bits per heavy atom. The van der Waals surface area contributed by atoms with Crippen LogP contribution >= 0.6 is 15.9 Å². The molecular weight excluding hydrogens is 284 g/mol. The summed E-state index contributed by atoms with van der Waals surface area (Å²) in [5.74, 6) is -0.345. The average molecular weight is 301 g/mol. The summed E-state index contributed by atoms with van der Waals surface area (Å²) in [4.78, 5) is 11.1. The lowest BCUT2D eigenvalue weighted by Gasteiger charge is -2.20. The molecule has 0 bridgehead atoms. The number of hydrogen-bond donors (Lipinski definition) is 1. The van der Waals surface area contributed by atoms with Crippen LogP contribution in [0.2, 0.25) is 0 Å². The Kier molecular flexibility index (Phi) is 5.00. The Balaban J connectivity index is 2.96. The van der Waals surface area contributed by atoms with E-state index in [0.717, 1.165) is 16.5 Å². The molecule has 1 rings (SSSR count). The number of halogens is 1. The van der Waals surface area contributed by atoms with Gasteiger partial charge in [0.1, 0.15) is 5.75 Å². The summed E-state index contributed by atoms with van der Waals surface area (Å²) in [5.41, 5.74) is 1.01. The molecule has 3 nitrogen and oxygen atoms in total. The highest BCUT2D eigenvalue weighted by Gasteiger charge is 2.24. The molecule has 0 aliphatic rings. The lowest BCUT2D eigenvalue weighted by molar-refractivity contribution is -0.147. The molecule has 94 valence electrons. The van der Waals surface area contributed by atoms with Crippen molar-refractivity contribution in [2.24, 2.45) is 5.92 Å². The second-order valence-corrected chi connectivity index (χ2v) is 5.14. The first-order chi connectivity index (χ1) is 7.95. The summed E-state index contributed by atoms with van der Waals surface area (Å²) in [7, 11) is 0. The number of carboxylic acid groups (broad SMARTS) is 1. The van der Waals surface area contributed by atoms with Crippen LogP contribution < -0.4 is 4.74 Å². The van der Waals surface area contributed by atoms with Crippen molar-refractivity contribution in [2.75, 3.05) is 0 Å². The van der Waals surface area contributed by atoms with Crippen LogP contribution in [0.4, 0.5) is 0 Å². The molecule has 0 heterocycles. The molecule has 0 aromatic heterocycles. The maximum Gasteiger partial charge on any atom is 0.345 e. The Morgan fingerprint density at radius 3 is 2.59 bits per heavy atom. The molecule has 0 saturated carbocycles. The molecule has 1 aromatic carbocycles. The predicted octanol–water partition coefficient (Wildman–Crippen LogP) is 3.50. The minimum atomic E-state index is -0.926. The first-order valence-corrected chi connectivity index (χ1v) is 6.42. The first-order valence-electron chi connectivity index (χ1n) is 5.63. The second-order valence-electron chi connectivity index (χ2n) is 4.23. The number of ether oxygens (including phenoxy) is 1. The van der Waals surface area contributed by atoms with Crippen LogP contribution in [0, 0.1) is 5.92 Å². The number of carbonyl (C=O) groups is 1. The molecule has 0 aliphatic carbocycles. The largest absolute Gasteiger partial charge is 0.478 e. The number of aliphatic carboxylic acids is 1. The minimum absolute atomic E-state index is 0.0687. The van der Waals surface area contributed by atoms with Crippen molar-refractivity contribution >= 4 is 21.9 Å². The van der Waals surface area contributed by atoms with Crippen molar-refractivity contribution in [3.63, 3.8) is 0 Å². The van der Waals surface area contributed by atoms with Gasteiger partial charge in [0.2, 0.25) is 0 Å². The second kappa shape index (κ2) is 6.05. The number of rotatable bonds is 5. The van der Waals surface area contributed by atoms with Crippen LogP contribution in [0.1, 0.15) is 26.3 Å². The fourth-order valence-electron chi connectivity index (χ4n) is 1.55. The Labute approximate surface area is 110 Å². The summed E-state index contributed by atoms with van der Waals surface area (Å²) in [5, 5.41) is 9.09. The SMILES string of the molecule is CCc1cc(Br)ccc1OC(C(=O)O)C(C)C. The van der Waals surface area contributed by atoms with Crippen molar-refractivity contribution in [3.05, 3.63) is 28.2 Å². The van der Waals surface area contributed by atoms with E-state index in [1.165, 1.54) is 0 Å². The first kappa shape index (κ1) is 14.0. The normalized spacial score (nSPS) is 12.5. The van der Waals surface area contributed by atoms with Crippen molar-refractivity contribution in [1.29, 1.82) is 0 Å². The number of aryl methyl sites for hydroxylation is 1. The average Bonchev–Trinajstić information content (AvgIpc) is 2.26. The Hall–Kier alpha value is -1.03. The van der Waals surface area contributed by atoms with Gasteiger partial charge < -0.3 is 9.84 Å². The smallest absolute Gasteiger partial charge is 0.345 e. The van der Waals surface area contributed by atoms with Gasteiger partial charge in [0.05, 0.1) is 0 Å². The molecule has 0 fully saturated rings. The van der Waals surface area contributed by atoms with Gasteiger partial charge in [-0.15, -0.1) is 0 Å². The number of benzene rings is 1. The number of hydrogen-bond acceptors (Lipinski definition) is 2. The van der Waals surface area contributed by atoms with Gasteiger partial charge in [-0.05, 0) is 30.2 Å². The van der Waals surface area contributed by atoms with E-state index in [1.54, 1.807) is 6.07 Å². The molecule has 0 aliphatic heterocycles. The fourth-order valence-corrected chi connectivity index (χ4v) is 1.96. The van der Waals surface area contributed by atoms with Crippen molar-refractivity contribution in [3.8, 4) is 5.75 Å². The van der Waals surface area contributed by atoms with Crippen molar-refractivity contribution < 1.29 is 14.6 Å².